The van der Waals surface area contributed by atoms with E-state index in [-0.39, 0.29) is 30.4 Å². The molecule has 1 aliphatic rings. The van der Waals surface area contributed by atoms with E-state index in [1.165, 1.54) is 18.1 Å². The SMILES string of the molecule is CC(CCc1ccccc1)NC(=O)CCN(CC1CCCO1)C(=O)c1ccoc1. The fourth-order valence-corrected chi connectivity index (χ4v) is 3.56. The number of benzene rings is 1. The highest BCUT2D eigenvalue weighted by Gasteiger charge is 2.24. The van der Waals surface area contributed by atoms with Crippen molar-refractivity contribution in [2.75, 3.05) is 19.7 Å². The molecule has 0 aliphatic carbocycles. The van der Waals surface area contributed by atoms with Gasteiger partial charge in [0.15, 0.2) is 0 Å². The molecular formula is C23H30N2O4. The van der Waals surface area contributed by atoms with Crippen LogP contribution in [0.25, 0.3) is 0 Å². The Morgan fingerprint density at radius 1 is 1.24 bits per heavy atom. The third kappa shape index (κ3) is 6.75. The third-order valence-corrected chi connectivity index (χ3v) is 5.23. The summed E-state index contributed by atoms with van der Waals surface area (Å²) < 4.78 is 10.7. The lowest BCUT2D eigenvalue weighted by Gasteiger charge is -2.25. The van der Waals surface area contributed by atoms with Crippen LogP contribution in [0.4, 0.5) is 0 Å². The molecule has 6 nitrogen and oxygen atoms in total. The minimum Gasteiger partial charge on any atom is -0.472 e. The summed E-state index contributed by atoms with van der Waals surface area (Å²) in [6.07, 6.45) is 6.99. The molecule has 0 bridgehead atoms. The number of hydrogen-bond acceptors (Lipinski definition) is 4. The fraction of sp³-hybridized carbons (Fsp3) is 0.478. The highest BCUT2D eigenvalue weighted by atomic mass is 16.5. The number of nitrogens with zero attached hydrogens (tertiary/aromatic N) is 1. The fourth-order valence-electron chi connectivity index (χ4n) is 3.56. The van der Waals surface area contributed by atoms with Crippen LogP contribution < -0.4 is 5.32 Å². The summed E-state index contributed by atoms with van der Waals surface area (Å²) in [5, 5.41) is 3.05. The molecule has 1 fully saturated rings. The number of nitrogens with one attached hydrogen (secondary N) is 1. The Hall–Kier alpha value is -2.60. The van der Waals surface area contributed by atoms with Crippen LogP contribution >= 0.6 is 0 Å². The Kier molecular flexibility index (Phi) is 7.87. The van der Waals surface area contributed by atoms with Gasteiger partial charge in [0.05, 0.1) is 17.9 Å². The van der Waals surface area contributed by atoms with Crippen molar-refractivity contribution in [1.82, 2.24) is 10.2 Å². The van der Waals surface area contributed by atoms with Gasteiger partial charge in [-0.2, -0.15) is 0 Å². The maximum Gasteiger partial charge on any atom is 0.257 e. The van der Waals surface area contributed by atoms with Crippen LogP contribution in [-0.4, -0.2) is 48.6 Å². The molecule has 1 saturated heterocycles. The number of furan rings is 1. The quantitative estimate of drug-likeness (QED) is 0.666. The monoisotopic (exact) mass is 398 g/mol. The van der Waals surface area contributed by atoms with E-state index in [1.807, 2.05) is 25.1 Å². The third-order valence-electron chi connectivity index (χ3n) is 5.23. The van der Waals surface area contributed by atoms with E-state index in [2.05, 4.69) is 17.4 Å². The maximum absolute atomic E-state index is 12.8. The first-order chi connectivity index (χ1) is 14.1. The summed E-state index contributed by atoms with van der Waals surface area (Å²) in [6, 6.07) is 12.0. The van der Waals surface area contributed by atoms with E-state index in [1.54, 1.807) is 11.0 Å². The highest BCUT2D eigenvalue weighted by Crippen LogP contribution is 2.16. The van der Waals surface area contributed by atoms with Gasteiger partial charge in [-0.15, -0.1) is 0 Å². The molecule has 1 aliphatic heterocycles. The number of rotatable bonds is 10. The first-order valence-corrected chi connectivity index (χ1v) is 10.4. The molecule has 3 rings (SSSR count). The van der Waals surface area contributed by atoms with Crippen molar-refractivity contribution < 1.29 is 18.7 Å². The van der Waals surface area contributed by atoms with E-state index in [0.717, 1.165) is 32.3 Å². The van der Waals surface area contributed by atoms with E-state index in [4.69, 9.17) is 9.15 Å². The topological polar surface area (TPSA) is 71.8 Å². The second-order valence-electron chi connectivity index (χ2n) is 7.64. The molecule has 1 aromatic carbocycles. The van der Waals surface area contributed by atoms with E-state index < -0.39 is 0 Å². The largest absolute Gasteiger partial charge is 0.472 e. The zero-order valence-electron chi connectivity index (χ0n) is 17.0. The second kappa shape index (κ2) is 10.8. The van der Waals surface area contributed by atoms with Gasteiger partial charge in [0.2, 0.25) is 5.91 Å². The molecule has 0 spiro atoms. The molecule has 0 saturated carbocycles. The molecule has 2 amide bonds. The highest BCUT2D eigenvalue weighted by molar-refractivity contribution is 5.94. The molecule has 2 heterocycles. The molecule has 0 radical (unpaired) electrons. The second-order valence-corrected chi connectivity index (χ2v) is 7.64. The standard InChI is InChI=1S/C23H30N2O4/c1-18(9-10-19-6-3-2-4-7-19)24-22(26)11-13-25(16-21-8-5-14-29-21)23(27)20-12-15-28-17-20/h2-4,6-7,12,15,17-18,21H,5,8-11,13-14,16H2,1H3,(H,24,26). The molecule has 1 N–H and O–H groups in total. The van der Waals surface area contributed by atoms with E-state index >= 15 is 0 Å². The average molecular weight is 399 g/mol. The smallest absolute Gasteiger partial charge is 0.257 e. The van der Waals surface area contributed by atoms with Gasteiger partial charge >= 0.3 is 0 Å². The van der Waals surface area contributed by atoms with Crippen LogP contribution in [0.15, 0.2) is 53.3 Å². The summed E-state index contributed by atoms with van der Waals surface area (Å²) in [7, 11) is 0. The Morgan fingerprint density at radius 2 is 2.07 bits per heavy atom. The van der Waals surface area contributed by atoms with Crippen LogP contribution in [0, 0.1) is 0 Å². The Labute approximate surface area is 172 Å². The Bertz CT molecular complexity index is 754. The average Bonchev–Trinajstić information content (AvgIpc) is 3.44. The molecule has 2 unspecified atom stereocenters. The van der Waals surface area contributed by atoms with Crippen molar-refractivity contribution in [1.29, 1.82) is 0 Å². The predicted molar refractivity (Wildman–Crippen MR) is 111 cm³/mol. The van der Waals surface area contributed by atoms with Gasteiger partial charge in [0.1, 0.15) is 6.26 Å². The predicted octanol–water partition coefficient (Wildman–Crippen LogP) is 3.43. The van der Waals surface area contributed by atoms with Crippen molar-refractivity contribution in [2.24, 2.45) is 0 Å². The van der Waals surface area contributed by atoms with Crippen LogP contribution in [0.3, 0.4) is 0 Å². The van der Waals surface area contributed by atoms with Crippen molar-refractivity contribution in [3.63, 3.8) is 0 Å². The van der Waals surface area contributed by atoms with Gasteiger partial charge < -0.3 is 19.4 Å². The van der Waals surface area contributed by atoms with Crippen molar-refractivity contribution in [3.8, 4) is 0 Å². The van der Waals surface area contributed by atoms with Crippen LogP contribution in [-0.2, 0) is 16.0 Å². The molecular weight excluding hydrogens is 368 g/mol. The minimum atomic E-state index is -0.126. The minimum absolute atomic E-state index is 0.0390. The number of ether oxygens (including phenoxy) is 1. The zero-order valence-corrected chi connectivity index (χ0v) is 17.0. The summed E-state index contributed by atoms with van der Waals surface area (Å²) in [6.45, 7) is 3.61. The van der Waals surface area contributed by atoms with Crippen molar-refractivity contribution in [2.45, 2.75) is 51.2 Å². The van der Waals surface area contributed by atoms with E-state index in [0.29, 0.717) is 18.7 Å². The lowest BCUT2D eigenvalue weighted by Crippen LogP contribution is -2.41. The summed E-state index contributed by atoms with van der Waals surface area (Å²) in [4.78, 5) is 26.9. The molecule has 2 aromatic rings. The van der Waals surface area contributed by atoms with Gasteiger partial charge in [-0.3, -0.25) is 9.59 Å². The van der Waals surface area contributed by atoms with Crippen molar-refractivity contribution in [3.05, 3.63) is 60.1 Å². The lowest BCUT2D eigenvalue weighted by atomic mass is 10.1. The molecule has 1 aromatic heterocycles. The first-order valence-electron chi connectivity index (χ1n) is 10.4. The first kappa shape index (κ1) is 21.1. The molecule has 156 valence electrons. The van der Waals surface area contributed by atoms with E-state index in [9.17, 15) is 9.59 Å². The van der Waals surface area contributed by atoms with Gasteiger partial charge in [-0.1, -0.05) is 30.3 Å². The Morgan fingerprint density at radius 3 is 2.76 bits per heavy atom. The number of carbonyl (C=O) groups is 2. The van der Waals surface area contributed by atoms with Crippen molar-refractivity contribution >= 4 is 11.8 Å². The number of amides is 2. The van der Waals surface area contributed by atoms with Gasteiger partial charge in [-0.25, -0.2) is 0 Å². The molecule has 29 heavy (non-hydrogen) atoms. The molecule has 2 atom stereocenters. The normalized spacial score (nSPS) is 17.1. The van der Waals surface area contributed by atoms with Crippen LogP contribution in [0.5, 0.6) is 0 Å². The number of hydrogen-bond donors (Lipinski definition) is 1. The summed E-state index contributed by atoms with van der Waals surface area (Å²) in [5.41, 5.74) is 1.77. The van der Waals surface area contributed by atoms with Gasteiger partial charge in [0.25, 0.3) is 5.91 Å². The van der Waals surface area contributed by atoms with Crippen LogP contribution in [0.2, 0.25) is 0 Å². The molecule has 6 heteroatoms. The van der Waals surface area contributed by atoms with Gasteiger partial charge in [0, 0.05) is 32.2 Å². The Balaban J connectivity index is 1.47. The maximum atomic E-state index is 12.8. The number of aryl methyl sites for hydroxylation is 1. The summed E-state index contributed by atoms with van der Waals surface area (Å²) in [5.74, 6) is -0.165. The van der Waals surface area contributed by atoms with Crippen LogP contribution in [0.1, 0.15) is 48.5 Å². The zero-order chi connectivity index (χ0) is 20.5. The van der Waals surface area contributed by atoms with Gasteiger partial charge in [-0.05, 0) is 44.2 Å². The lowest BCUT2D eigenvalue weighted by molar-refractivity contribution is -0.122. The summed E-state index contributed by atoms with van der Waals surface area (Å²) >= 11 is 0. The number of carbonyl (C=O) groups excluding carboxylic acids is 2.